The number of benzene rings is 1. The molecule has 3 N–H and O–H groups in total. The van der Waals surface area contributed by atoms with E-state index in [0.29, 0.717) is 5.56 Å². The van der Waals surface area contributed by atoms with Crippen molar-refractivity contribution in [2.75, 3.05) is 6.54 Å². The summed E-state index contributed by atoms with van der Waals surface area (Å²) in [5, 5.41) is 10.1. The van der Waals surface area contributed by atoms with Crippen LogP contribution in [-0.4, -0.2) is 18.3 Å². The van der Waals surface area contributed by atoms with Crippen molar-refractivity contribution in [3.8, 4) is 5.75 Å². The third-order valence-electron chi connectivity index (χ3n) is 2.70. The van der Waals surface area contributed by atoms with Crippen LogP contribution in [0.15, 0.2) is 24.3 Å². The molecule has 1 atom stereocenters. The second kappa shape index (κ2) is 5.42. The van der Waals surface area contributed by atoms with Crippen LogP contribution in [0.2, 0.25) is 0 Å². The normalized spacial score (nSPS) is 13.8. The maximum Gasteiger partial charge on any atom is 0.387 e. The molecule has 0 amide bonds. The molecule has 0 saturated heterocycles. The minimum atomic E-state index is -2.91. The highest BCUT2D eigenvalue weighted by Gasteiger charge is 2.30. The maximum atomic E-state index is 12.2. The van der Waals surface area contributed by atoms with Crippen LogP contribution in [0.3, 0.4) is 0 Å². The molecule has 1 aromatic rings. The molecular formula is C12H17F2NO2. The Hall–Kier alpha value is -1.20. The molecule has 96 valence electrons. The highest BCUT2D eigenvalue weighted by molar-refractivity contribution is 5.36. The fourth-order valence-corrected chi connectivity index (χ4v) is 1.44. The number of para-hydroxylation sites is 1. The van der Waals surface area contributed by atoms with Gasteiger partial charge in [-0.1, -0.05) is 32.0 Å². The fraction of sp³-hybridized carbons (Fsp3) is 0.500. The first kappa shape index (κ1) is 13.9. The SMILES string of the molecule is CC(C)(CN)C(O)c1ccccc1OC(F)F. The number of nitrogens with two attached hydrogens (primary N) is 1. The summed E-state index contributed by atoms with van der Waals surface area (Å²) in [6.07, 6.45) is -0.956. The quantitative estimate of drug-likeness (QED) is 0.837. The molecule has 0 aliphatic carbocycles. The number of hydrogen-bond donors (Lipinski definition) is 2. The Kier molecular flexibility index (Phi) is 4.42. The van der Waals surface area contributed by atoms with Crippen molar-refractivity contribution in [2.45, 2.75) is 26.6 Å². The lowest BCUT2D eigenvalue weighted by Crippen LogP contribution is -2.31. The van der Waals surface area contributed by atoms with Gasteiger partial charge in [0, 0.05) is 17.5 Å². The molecule has 0 aliphatic rings. The Morgan fingerprint density at radius 2 is 1.94 bits per heavy atom. The van der Waals surface area contributed by atoms with Gasteiger partial charge >= 0.3 is 6.61 Å². The van der Waals surface area contributed by atoms with Crippen molar-refractivity contribution in [3.05, 3.63) is 29.8 Å². The van der Waals surface area contributed by atoms with E-state index in [1.54, 1.807) is 32.0 Å². The van der Waals surface area contributed by atoms with Gasteiger partial charge in [-0.2, -0.15) is 8.78 Å². The van der Waals surface area contributed by atoms with Gasteiger partial charge in [-0.05, 0) is 6.07 Å². The molecule has 0 saturated carbocycles. The van der Waals surface area contributed by atoms with Gasteiger partial charge in [-0.25, -0.2) is 0 Å². The molecule has 0 spiro atoms. The molecule has 0 fully saturated rings. The van der Waals surface area contributed by atoms with Crippen molar-refractivity contribution in [3.63, 3.8) is 0 Å². The highest BCUT2D eigenvalue weighted by Crippen LogP contribution is 2.37. The predicted molar refractivity (Wildman–Crippen MR) is 60.9 cm³/mol. The average Bonchev–Trinajstić information content (AvgIpc) is 2.28. The van der Waals surface area contributed by atoms with E-state index in [4.69, 9.17) is 5.73 Å². The first-order chi connectivity index (χ1) is 7.88. The maximum absolute atomic E-state index is 12.2. The van der Waals surface area contributed by atoms with E-state index in [-0.39, 0.29) is 12.3 Å². The summed E-state index contributed by atoms with van der Waals surface area (Å²) in [5.74, 6) is -0.0171. The van der Waals surface area contributed by atoms with Gasteiger partial charge in [0.05, 0.1) is 6.10 Å². The topological polar surface area (TPSA) is 55.5 Å². The van der Waals surface area contributed by atoms with Crippen molar-refractivity contribution in [1.29, 1.82) is 0 Å². The van der Waals surface area contributed by atoms with Gasteiger partial charge in [-0.15, -0.1) is 0 Å². The Morgan fingerprint density at radius 1 is 1.35 bits per heavy atom. The van der Waals surface area contributed by atoms with Crippen LogP contribution in [0.1, 0.15) is 25.5 Å². The van der Waals surface area contributed by atoms with Crippen molar-refractivity contribution in [1.82, 2.24) is 0 Å². The Labute approximate surface area is 99.2 Å². The molecule has 0 aromatic heterocycles. The largest absolute Gasteiger partial charge is 0.434 e. The summed E-state index contributed by atoms with van der Waals surface area (Å²) in [5.41, 5.74) is 5.26. The molecular weight excluding hydrogens is 228 g/mol. The number of halogens is 2. The van der Waals surface area contributed by atoms with Crippen LogP contribution in [0.25, 0.3) is 0 Å². The molecule has 0 heterocycles. The van der Waals surface area contributed by atoms with Crippen molar-refractivity contribution in [2.24, 2.45) is 11.1 Å². The van der Waals surface area contributed by atoms with Crippen LogP contribution >= 0.6 is 0 Å². The van der Waals surface area contributed by atoms with Crippen molar-refractivity contribution >= 4 is 0 Å². The van der Waals surface area contributed by atoms with E-state index in [2.05, 4.69) is 4.74 Å². The van der Waals surface area contributed by atoms with Gasteiger partial charge in [0.15, 0.2) is 0 Å². The number of hydrogen-bond acceptors (Lipinski definition) is 3. The lowest BCUT2D eigenvalue weighted by molar-refractivity contribution is -0.0532. The number of ether oxygens (including phenoxy) is 1. The lowest BCUT2D eigenvalue weighted by atomic mass is 9.82. The van der Waals surface area contributed by atoms with Crippen LogP contribution in [0.4, 0.5) is 8.78 Å². The predicted octanol–water partition coefficient (Wildman–Crippen LogP) is 2.31. The zero-order valence-electron chi connectivity index (χ0n) is 9.86. The average molecular weight is 245 g/mol. The van der Waals surface area contributed by atoms with Crippen LogP contribution in [0, 0.1) is 5.41 Å². The number of aliphatic hydroxyl groups excluding tert-OH is 1. The monoisotopic (exact) mass is 245 g/mol. The Balaban J connectivity index is 3.04. The molecule has 0 bridgehead atoms. The van der Waals surface area contributed by atoms with Gasteiger partial charge in [-0.3, -0.25) is 0 Å². The third kappa shape index (κ3) is 3.38. The number of rotatable bonds is 5. The molecule has 1 rings (SSSR count). The van der Waals surface area contributed by atoms with Crippen molar-refractivity contribution < 1.29 is 18.6 Å². The first-order valence-corrected chi connectivity index (χ1v) is 5.30. The van der Waals surface area contributed by atoms with E-state index in [1.807, 2.05) is 0 Å². The van der Waals surface area contributed by atoms with Crippen LogP contribution < -0.4 is 10.5 Å². The third-order valence-corrected chi connectivity index (χ3v) is 2.70. The summed E-state index contributed by atoms with van der Waals surface area (Å²) < 4.78 is 28.8. The van der Waals surface area contributed by atoms with Crippen LogP contribution in [-0.2, 0) is 0 Å². The van der Waals surface area contributed by atoms with E-state index >= 15 is 0 Å². The van der Waals surface area contributed by atoms with E-state index in [1.165, 1.54) is 6.07 Å². The van der Waals surface area contributed by atoms with Gasteiger partial charge in [0.1, 0.15) is 5.75 Å². The second-order valence-corrected chi connectivity index (χ2v) is 4.51. The zero-order valence-corrected chi connectivity index (χ0v) is 9.86. The molecule has 1 unspecified atom stereocenters. The summed E-state index contributed by atoms with van der Waals surface area (Å²) >= 11 is 0. The molecule has 0 aliphatic heterocycles. The van der Waals surface area contributed by atoms with Gasteiger partial charge in [0.2, 0.25) is 0 Å². The zero-order chi connectivity index (χ0) is 13.1. The molecule has 0 radical (unpaired) electrons. The fourth-order valence-electron chi connectivity index (χ4n) is 1.44. The summed E-state index contributed by atoms with van der Waals surface area (Å²) in [4.78, 5) is 0. The van der Waals surface area contributed by atoms with E-state index < -0.39 is 18.1 Å². The highest BCUT2D eigenvalue weighted by atomic mass is 19.3. The van der Waals surface area contributed by atoms with Crippen LogP contribution in [0.5, 0.6) is 5.75 Å². The lowest BCUT2D eigenvalue weighted by Gasteiger charge is -2.30. The smallest absolute Gasteiger partial charge is 0.387 e. The minimum Gasteiger partial charge on any atom is -0.434 e. The molecule has 1 aromatic carbocycles. The molecule has 3 nitrogen and oxygen atoms in total. The van der Waals surface area contributed by atoms with Gasteiger partial charge in [0.25, 0.3) is 0 Å². The second-order valence-electron chi connectivity index (χ2n) is 4.51. The standard InChI is InChI=1S/C12H17F2NO2/c1-12(2,7-15)10(16)8-5-3-4-6-9(8)17-11(13)14/h3-6,10-11,16H,7,15H2,1-2H3. The van der Waals surface area contributed by atoms with Gasteiger partial charge < -0.3 is 15.6 Å². The summed E-state index contributed by atoms with van der Waals surface area (Å²) in [6.45, 7) is 0.842. The Morgan fingerprint density at radius 3 is 2.47 bits per heavy atom. The summed E-state index contributed by atoms with van der Waals surface area (Å²) in [6, 6.07) is 6.18. The minimum absolute atomic E-state index is 0.0171. The number of alkyl halides is 2. The summed E-state index contributed by atoms with van der Waals surface area (Å²) in [7, 11) is 0. The molecule has 5 heteroatoms. The molecule has 17 heavy (non-hydrogen) atoms. The van der Waals surface area contributed by atoms with E-state index in [0.717, 1.165) is 0 Å². The van der Waals surface area contributed by atoms with E-state index in [9.17, 15) is 13.9 Å². The first-order valence-electron chi connectivity index (χ1n) is 5.30. The Bertz CT molecular complexity index is 369. The number of aliphatic hydroxyl groups is 1.